The van der Waals surface area contributed by atoms with E-state index >= 15 is 0 Å². The van der Waals surface area contributed by atoms with Crippen LogP contribution in [0.5, 0.6) is 0 Å². The standard InChI is InChI=1S/C29H43N3O7/c1-5-6-13-31-14-9-12-29-24(26(35)32(25(29)27(31)36)20(17-33)15-18(2)3)23-21(39-29)10-7-8-11-22(34)30-16-19(4)38-28(23)37/h7,9-10,12,18-21,23-25,33H,5-6,8,11,13-17H2,1-4H3,(H,30,34)/b10-7-/t19-,20-,21-,23+,24+,25-,29+/m1/s1. The van der Waals surface area contributed by atoms with Gasteiger partial charge in [0.15, 0.2) is 0 Å². The van der Waals surface area contributed by atoms with E-state index in [1.807, 2.05) is 19.9 Å². The van der Waals surface area contributed by atoms with E-state index in [4.69, 9.17) is 9.47 Å². The van der Waals surface area contributed by atoms with Crippen LogP contribution in [0.2, 0.25) is 0 Å². The zero-order valence-electron chi connectivity index (χ0n) is 23.5. The third-order valence-corrected chi connectivity index (χ3v) is 8.18. The average molecular weight is 546 g/mol. The number of carbonyl (C=O) groups excluding carboxylic acids is 4. The second-order valence-electron chi connectivity index (χ2n) is 11.6. The van der Waals surface area contributed by atoms with Crippen molar-refractivity contribution in [3.8, 4) is 0 Å². The van der Waals surface area contributed by atoms with E-state index in [9.17, 15) is 24.3 Å². The minimum atomic E-state index is -1.38. The topological polar surface area (TPSA) is 125 Å². The van der Waals surface area contributed by atoms with Crippen molar-refractivity contribution in [2.24, 2.45) is 17.8 Å². The summed E-state index contributed by atoms with van der Waals surface area (Å²) in [6, 6.07) is -1.60. The number of cyclic esters (lactones) is 1. The molecule has 4 heterocycles. The van der Waals surface area contributed by atoms with E-state index in [0.29, 0.717) is 25.9 Å². The number of hydrogen-bond acceptors (Lipinski definition) is 7. The Bertz CT molecular complexity index is 1010. The zero-order chi connectivity index (χ0) is 28.3. The number of rotatable bonds is 7. The lowest BCUT2D eigenvalue weighted by molar-refractivity contribution is -0.159. The van der Waals surface area contributed by atoms with Crippen LogP contribution >= 0.6 is 0 Å². The highest BCUT2D eigenvalue weighted by atomic mass is 16.6. The van der Waals surface area contributed by atoms with Crippen molar-refractivity contribution < 1.29 is 33.8 Å². The Hall–Kier alpha value is -2.72. The van der Waals surface area contributed by atoms with E-state index in [1.54, 1.807) is 30.1 Å². The quantitative estimate of drug-likeness (QED) is 0.367. The number of nitrogens with zero attached hydrogens (tertiary/aromatic N) is 2. The van der Waals surface area contributed by atoms with Gasteiger partial charge < -0.3 is 29.7 Å². The predicted octanol–water partition coefficient (Wildman–Crippen LogP) is 1.57. The molecule has 0 saturated carbocycles. The molecule has 0 aliphatic carbocycles. The molecule has 216 valence electrons. The van der Waals surface area contributed by atoms with Crippen molar-refractivity contribution in [2.45, 2.75) is 89.7 Å². The van der Waals surface area contributed by atoms with Gasteiger partial charge in [-0.25, -0.2) is 0 Å². The number of carbonyl (C=O) groups is 4. The number of amides is 3. The highest BCUT2D eigenvalue weighted by Gasteiger charge is 2.72. The number of esters is 1. The Kier molecular flexibility index (Phi) is 9.16. The largest absolute Gasteiger partial charge is 0.460 e. The number of nitrogens with one attached hydrogen (secondary N) is 1. The van der Waals surface area contributed by atoms with Gasteiger partial charge in [0.2, 0.25) is 17.7 Å². The second kappa shape index (κ2) is 12.2. The molecular weight excluding hydrogens is 502 g/mol. The van der Waals surface area contributed by atoms with Crippen molar-refractivity contribution in [1.29, 1.82) is 0 Å². The first kappa shape index (κ1) is 29.3. The van der Waals surface area contributed by atoms with E-state index in [0.717, 1.165) is 12.8 Å². The smallest absolute Gasteiger partial charge is 0.313 e. The molecule has 0 aromatic heterocycles. The molecule has 0 aromatic carbocycles. The predicted molar refractivity (Wildman–Crippen MR) is 143 cm³/mol. The number of fused-ring (bicyclic) bond motifs is 2. The number of aliphatic hydroxyl groups is 1. The Morgan fingerprint density at radius 1 is 1.18 bits per heavy atom. The lowest BCUT2D eigenvalue weighted by Crippen LogP contribution is -2.58. The first-order chi connectivity index (χ1) is 18.6. The molecule has 0 aromatic rings. The third-order valence-electron chi connectivity index (χ3n) is 8.18. The van der Waals surface area contributed by atoms with E-state index in [1.165, 1.54) is 4.90 Å². The number of aliphatic hydroxyl groups excluding tert-OH is 1. The Morgan fingerprint density at radius 3 is 2.64 bits per heavy atom. The van der Waals surface area contributed by atoms with Crippen molar-refractivity contribution in [1.82, 2.24) is 15.1 Å². The van der Waals surface area contributed by atoms with Crippen LogP contribution in [0.25, 0.3) is 0 Å². The van der Waals surface area contributed by atoms with Gasteiger partial charge in [0.1, 0.15) is 23.7 Å². The molecule has 4 aliphatic heterocycles. The molecule has 39 heavy (non-hydrogen) atoms. The van der Waals surface area contributed by atoms with Crippen LogP contribution < -0.4 is 5.32 Å². The fraction of sp³-hybridized carbons (Fsp3) is 0.724. The normalized spacial score (nSPS) is 34.9. The maximum Gasteiger partial charge on any atom is 0.313 e. The van der Waals surface area contributed by atoms with E-state index in [2.05, 4.69) is 12.2 Å². The number of ether oxygens (including phenoxy) is 2. The number of likely N-dealkylation sites (tertiary alicyclic amines) is 1. The van der Waals surface area contributed by atoms with Gasteiger partial charge in [-0.15, -0.1) is 0 Å². The van der Waals surface area contributed by atoms with Gasteiger partial charge in [-0.1, -0.05) is 51.5 Å². The number of hydrogen-bond donors (Lipinski definition) is 2. The molecule has 2 saturated heterocycles. The summed E-state index contributed by atoms with van der Waals surface area (Å²) < 4.78 is 12.4. The minimum Gasteiger partial charge on any atom is -0.460 e. The molecular formula is C29H43N3O7. The molecule has 3 amide bonds. The molecule has 0 radical (unpaired) electrons. The van der Waals surface area contributed by atoms with Gasteiger partial charge in [0.25, 0.3) is 0 Å². The van der Waals surface area contributed by atoms with Gasteiger partial charge in [-0.05, 0) is 32.1 Å². The summed E-state index contributed by atoms with van der Waals surface area (Å²) in [5.41, 5.74) is -1.38. The molecule has 7 atom stereocenters. The summed E-state index contributed by atoms with van der Waals surface area (Å²) in [7, 11) is 0. The van der Waals surface area contributed by atoms with Crippen LogP contribution in [0.4, 0.5) is 0 Å². The Labute approximate surface area is 230 Å². The summed E-state index contributed by atoms with van der Waals surface area (Å²) in [6.45, 7) is 8.54. The third kappa shape index (κ3) is 5.63. The van der Waals surface area contributed by atoms with E-state index in [-0.39, 0.29) is 43.2 Å². The number of allylic oxidation sites excluding steroid dienone is 1. The van der Waals surface area contributed by atoms with Crippen LogP contribution in [-0.4, -0.2) is 94.7 Å². The van der Waals surface area contributed by atoms with Crippen molar-refractivity contribution >= 4 is 23.7 Å². The molecule has 0 bridgehead atoms. The zero-order valence-corrected chi connectivity index (χ0v) is 23.5. The summed E-state index contributed by atoms with van der Waals surface area (Å²) in [5.74, 6) is -3.14. The SMILES string of the molecule is CCCCN1CC=C[C@]23O[C@@H]4/C=C\CCC(=O)NC[C@@H](C)OC(=O)[C@@H]4[C@H]2C(=O)N([C@@H](CO)CC(C)C)[C@@H]3C1=O. The first-order valence-electron chi connectivity index (χ1n) is 14.4. The van der Waals surface area contributed by atoms with Crippen LogP contribution in [-0.2, 0) is 28.7 Å². The average Bonchev–Trinajstić information content (AvgIpc) is 3.28. The lowest BCUT2D eigenvalue weighted by atomic mass is 9.78. The highest BCUT2D eigenvalue weighted by Crippen LogP contribution is 2.53. The molecule has 10 nitrogen and oxygen atoms in total. The van der Waals surface area contributed by atoms with Crippen LogP contribution in [0.3, 0.4) is 0 Å². The van der Waals surface area contributed by atoms with Gasteiger partial charge >= 0.3 is 5.97 Å². The minimum absolute atomic E-state index is 0.141. The summed E-state index contributed by atoms with van der Waals surface area (Å²) in [6.07, 6.45) is 8.72. The molecule has 2 N–H and O–H groups in total. The molecule has 4 rings (SSSR count). The maximum absolute atomic E-state index is 14.3. The van der Waals surface area contributed by atoms with Gasteiger partial charge in [-0.3, -0.25) is 19.2 Å². The summed E-state index contributed by atoms with van der Waals surface area (Å²) in [5, 5.41) is 13.2. The van der Waals surface area contributed by atoms with Crippen molar-refractivity contribution in [2.75, 3.05) is 26.2 Å². The van der Waals surface area contributed by atoms with Crippen LogP contribution in [0.1, 0.15) is 59.8 Å². The Balaban J connectivity index is 1.81. The van der Waals surface area contributed by atoms with Crippen LogP contribution in [0.15, 0.2) is 24.3 Å². The first-order valence-corrected chi connectivity index (χ1v) is 14.4. The van der Waals surface area contributed by atoms with Crippen LogP contribution in [0, 0.1) is 17.8 Å². The molecule has 2 fully saturated rings. The molecule has 1 spiro atoms. The number of unbranched alkanes of at least 4 members (excludes halogenated alkanes) is 1. The highest BCUT2D eigenvalue weighted by molar-refractivity contribution is 5.99. The monoisotopic (exact) mass is 545 g/mol. The molecule has 10 heteroatoms. The van der Waals surface area contributed by atoms with Gasteiger partial charge in [-0.2, -0.15) is 0 Å². The van der Waals surface area contributed by atoms with Gasteiger partial charge in [0.05, 0.1) is 31.2 Å². The summed E-state index contributed by atoms with van der Waals surface area (Å²) in [4.78, 5) is 57.6. The van der Waals surface area contributed by atoms with E-state index < -0.39 is 47.7 Å². The Morgan fingerprint density at radius 2 is 1.95 bits per heavy atom. The van der Waals surface area contributed by atoms with Crippen molar-refractivity contribution in [3.63, 3.8) is 0 Å². The summed E-state index contributed by atoms with van der Waals surface area (Å²) >= 11 is 0. The fourth-order valence-corrected chi connectivity index (χ4v) is 6.41. The second-order valence-corrected chi connectivity index (χ2v) is 11.6. The van der Waals surface area contributed by atoms with Crippen molar-refractivity contribution in [3.05, 3.63) is 24.3 Å². The lowest BCUT2D eigenvalue weighted by Gasteiger charge is -2.39. The molecule has 4 aliphatic rings. The fourth-order valence-electron chi connectivity index (χ4n) is 6.41. The maximum atomic E-state index is 14.3. The van der Waals surface area contributed by atoms with Gasteiger partial charge in [0, 0.05) is 19.5 Å². The molecule has 0 unspecified atom stereocenters.